The molecule has 0 radical (unpaired) electrons. The van der Waals surface area contributed by atoms with Gasteiger partial charge in [-0.15, -0.1) is 0 Å². The molecule has 1 atom stereocenters. The first-order valence-corrected chi connectivity index (χ1v) is 11.4. The van der Waals surface area contributed by atoms with Crippen molar-refractivity contribution >= 4 is 10.9 Å². The Labute approximate surface area is 213 Å². The number of hydrogen-bond donors (Lipinski definition) is 1. The summed E-state index contributed by atoms with van der Waals surface area (Å²) >= 11 is 0. The zero-order chi connectivity index (χ0) is 27.1. The van der Waals surface area contributed by atoms with Crippen LogP contribution >= 0.6 is 0 Å². The number of benzene rings is 3. The van der Waals surface area contributed by atoms with E-state index in [1.54, 1.807) is 42.5 Å². The number of aliphatic hydroxyl groups is 1. The Bertz CT molecular complexity index is 1550. The highest BCUT2D eigenvalue weighted by atomic mass is 19.4. The summed E-state index contributed by atoms with van der Waals surface area (Å²) < 4.78 is 86.1. The first-order chi connectivity index (χ1) is 18.0. The third kappa shape index (κ3) is 4.39. The third-order valence-corrected chi connectivity index (χ3v) is 6.29. The average Bonchev–Trinajstić information content (AvgIpc) is 2.91. The number of pyridine rings is 2. The summed E-state index contributed by atoms with van der Waals surface area (Å²) in [6.45, 7) is 0. The van der Waals surface area contributed by atoms with E-state index in [-0.39, 0.29) is 16.7 Å². The average molecular weight is 524 g/mol. The first-order valence-electron chi connectivity index (χ1n) is 11.4. The maximum absolute atomic E-state index is 14.6. The Balaban J connectivity index is 1.90. The molecule has 0 amide bonds. The molecule has 0 aliphatic rings. The predicted octanol–water partition coefficient (Wildman–Crippen LogP) is 7.62. The third-order valence-electron chi connectivity index (χ3n) is 6.29. The molecule has 1 unspecified atom stereocenters. The molecular formula is C29H18F6N2O. The number of halogens is 6. The molecular weight excluding hydrogens is 506 g/mol. The summed E-state index contributed by atoms with van der Waals surface area (Å²) in [6.07, 6.45) is -7.48. The summed E-state index contributed by atoms with van der Waals surface area (Å²) in [6, 6.07) is 21.3. The van der Waals surface area contributed by atoms with Gasteiger partial charge >= 0.3 is 12.4 Å². The Hall–Kier alpha value is -4.24. The lowest BCUT2D eigenvalue weighted by atomic mass is 9.80. The van der Waals surface area contributed by atoms with Crippen LogP contribution in [0.2, 0.25) is 0 Å². The SMILES string of the molecule is OC(c1ccccc1)(c1cccnc1)c1ccc2nc(C(F)(F)F)c(-c3ccccc3)c(C(F)(F)F)c2c1. The fourth-order valence-corrected chi connectivity index (χ4v) is 4.63. The van der Waals surface area contributed by atoms with Crippen LogP contribution in [-0.2, 0) is 18.0 Å². The van der Waals surface area contributed by atoms with Crippen molar-refractivity contribution in [1.29, 1.82) is 0 Å². The summed E-state index contributed by atoms with van der Waals surface area (Å²) in [4.78, 5) is 7.68. The standard InChI is InChI=1S/C29H18F6N2O/c30-28(31,32)25-22-16-20(27(38,19-10-5-2-6-11-19)21-12-7-15-36-17-21)13-14-23(22)37-26(29(33,34)35)24(25)18-8-3-1-4-9-18/h1-17,38H. The summed E-state index contributed by atoms with van der Waals surface area (Å²) in [5.41, 5.74) is -6.32. The normalized spacial score (nSPS) is 13.9. The minimum absolute atomic E-state index is 0.00951. The van der Waals surface area contributed by atoms with Crippen molar-refractivity contribution in [2.24, 2.45) is 0 Å². The number of rotatable bonds is 4. The van der Waals surface area contributed by atoms with Gasteiger partial charge in [-0.05, 0) is 34.9 Å². The van der Waals surface area contributed by atoms with Gasteiger partial charge < -0.3 is 5.11 Å². The van der Waals surface area contributed by atoms with Crippen LogP contribution < -0.4 is 0 Å². The molecule has 0 bridgehead atoms. The monoisotopic (exact) mass is 524 g/mol. The molecule has 0 fully saturated rings. The molecule has 3 aromatic carbocycles. The molecule has 38 heavy (non-hydrogen) atoms. The van der Waals surface area contributed by atoms with Crippen LogP contribution in [0.1, 0.15) is 27.9 Å². The lowest BCUT2D eigenvalue weighted by Crippen LogP contribution is -2.29. The number of aromatic nitrogens is 2. The molecule has 0 aliphatic heterocycles. The molecule has 5 aromatic rings. The van der Waals surface area contributed by atoms with Crippen molar-refractivity contribution in [2.45, 2.75) is 18.0 Å². The molecule has 0 saturated carbocycles. The fraction of sp³-hybridized carbons (Fsp3) is 0.103. The fourth-order valence-electron chi connectivity index (χ4n) is 4.63. The summed E-state index contributed by atoms with van der Waals surface area (Å²) in [5, 5.41) is 11.5. The molecule has 3 nitrogen and oxygen atoms in total. The minimum atomic E-state index is -5.18. The molecule has 9 heteroatoms. The topological polar surface area (TPSA) is 46.0 Å². The zero-order valence-corrected chi connectivity index (χ0v) is 19.4. The van der Waals surface area contributed by atoms with Crippen LogP contribution in [0.15, 0.2) is 103 Å². The highest BCUT2D eigenvalue weighted by molar-refractivity contribution is 5.91. The predicted molar refractivity (Wildman–Crippen MR) is 130 cm³/mol. The van der Waals surface area contributed by atoms with Crippen LogP contribution in [0.5, 0.6) is 0 Å². The largest absolute Gasteiger partial charge is 0.433 e. The van der Waals surface area contributed by atoms with Crippen molar-refractivity contribution in [1.82, 2.24) is 9.97 Å². The number of nitrogens with zero attached hydrogens (tertiary/aromatic N) is 2. The van der Waals surface area contributed by atoms with E-state index >= 15 is 0 Å². The van der Waals surface area contributed by atoms with Crippen molar-refractivity contribution in [2.75, 3.05) is 0 Å². The number of alkyl halides is 6. The van der Waals surface area contributed by atoms with Gasteiger partial charge in [0.15, 0.2) is 5.69 Å². The van der Waals surface area contributed by atoms with E-state index in [1.807, 2.05) is 0 Å². The Kier molecular flexibility index (Phi) is 6.19. The first kappa shape index (κ1) is 25.4. The number of hydrogen-bond acceptors (Lipinski definition) is 3. The molecule has 0 aliphatic carbocycles. The minimum Gasteiger partial charge on any atom is -0.376 e. The molecule has 0 saturated heterocycles. The van der Waals surface area contributed by atoms with E-state index < -0.39 is 45.7 Å². The quantitative estimate of drug-likeness (QED) is 0.246. The second-order valence-electron chi connectivity index (χ2n) is 8.62. The van der Waals surface area contributed by atoms with Crippen LogP contribution in [0.25, 0.3) is 22.0 Å². The van der Waals surface area contributed by atoms with E-state index in [2.05, 4.69) is 9.97 Å². The second kappa shape index (κ2) is 9.25. The van der Waals surface area contributed by atoms with E-state index in [9.17, 15) is 31.4 Å². The molecule has 1 N–H and O–H groups in total. The van der Waals surface area contributed by atoms with Crippen LogP contribution in [0.4, 0.5) is 26.3 Å². The zero-order valence-electron chi connectivity index (χ0n) is 19.4. The van der Waals surface area contributed by atoms with Gasteiger partial charge in [0.1, 0.15) is 5.60 Å². The summed E-state index contributed by atoms with van der Waals surface area (Å²) in [5.74, 6) is 0. The molecule has 0 spiro atoms. The lowest BCUT2D eigenvalue weighted by molar-refractivity contribution is -0.143. The van der Waals surface area contributed by atoms with Gasteiger partial charge in [0.25, 0.3) is 0 Å². The Morgan fingerprint density at radius 3 is 1.84 bits per heavy atom. The van der Waals surface area contributed by atoms with Gasteiger partial charge in [-0.1, -0.05) is 72.8 Å². The van der Waals surface area contributed by atoms with Crippen LogP contribution in [-0.4, -0.2) is 15.1 Å². The molecule has 192 valence electrons. The van der Waals surface area contributed by atoms with Crippen molar-refractivity contribution in [3.8, 4) is 11.1 Å². The highest BCUT2D eigenvalue weighted by Gasteiger charge is 2.45. The van der Waals surface area contributed by atoms with E-state index in [0.717, 1.165) is 12.1 Å². The van der Waals surface area contributed by atoms with Gasteiger partial charge in [-0.25, -0.2) is 4.98 Å². The lowest BCUT2D eigenvalue weighted by Gasteiger charge is -2.30. The van der Waals surface area contributed by atoms with Crippen LogP contribution in [0, 0.1) is 0 Å². The van der Waals surface area contributed by atoms with Gasteiger partial charge in [-0.3, -0.25) is 4.98 Å². The van der Waals surface area contributed by atoms with Gasteiger partial charge in [-0.2, -0.15) is 26.3 Å². The highest BCUT2D eigenvalue weighted by Crippen LogP contribution is 2.48. The Morgan fingerprint density at radius 1 is 0.632 bits per heavy atom. The maximum atomic E-state index is 14.6. The van der Waals surface area contributed by atoms with Crippen molar-refractivity contribution in [3.63, 3.8) is 0 Å². The maximum Gasteiger partial charge on any atom is 0.433 e. The van der Waals surface area contributed by atoms with Crippen LogP contribution in [0.3, 0.4) is 0 Å². The van der Waals surface area contributed by atoms with Gasteiger partial charge in [0, 0.05) is 28.9 Å². The van der Waals surface area contributed by atoms with Gasteiger partial charge in [0.05, 0.1) is 11.1 Å². The Morgan fingerprint density at radius 2 is 1.26 bits per heavy atom. The van der Waals surface area contributed by atoms with E-state index in [4.69, 9.17) is 0 Å². The number of fused-ring (bicyclic) bond motifs is 1. The van der Waals surface area contributed by atoms with Crippen molar-refractivity contribution in [3.05, 3.63) is 131 Å². The smallest absolute Gasteiger partial charge is 0.376 e. The van der Waals surface area contributed by atoms with E-state index in [0.29, 0.717) is 5.56 Å². The van der Waals surface area contributed by atoms with E-state index in [1.165, 1.54) is 48.8 Å². The van der Waals surface area contributed by atoms with Gasteiger partial charge in [0.2, 0.25) is 0 Å². The summed E-state index contributed by atoms with van der Waals surface area (Å²) in [7, 11) is 0. The second-order valence-corrected chi connectivity index (χ2v) is 8.62. The van der Waals surface area contributed by atoms with Crippen molar-refractivity contribution < 1.29 is 31.4 Å². The molecule has 2 aromatic heterocycles. The molecule has 5 rings (SSSR count). The molecule has 2 heterocycles.